The third-order valence-corrected chi connectivity index (χ3v) is 2.79. The van der Waals surface area contributed by atoms with Gasteiger partial charge in [-0.3, -0.25) is 4.68 Å². The highest BCUT2D eigenvalue weighted by molar-refractivity contribution is 9.10. The lowest BCUT2D eigenvalue weighted by atomic mass is 10.2. The van der Waals surface area contributed by atoms with E-state index in [0.29, 0.717) is 0 Å². The monoisotopic (exact) mass is 240 g/mol. The van der Waals surface area contributed by atoms with Crippen molar-refractivity contribution in [1.82, 2.24) is 9.78 Å². The Hall–Kier alpha value is -1.03. The number of rotatable bonds is 1. The van der Waals surface area contributed by atoms with Crippen molar-refractivity contribution in [2.75, 3.05) is 0 Å². The standard InChI is InChI=1S/C9H9BrN2O/c1-2-12-9(10)8-6(11-12)4-3-5-7(8)13/h3-5,13H,2H2,1H3. The second-order valence-electron chi connectivity index (χ2n) is 2.78. The molecule has 1 aromatic heterocycles. The maximum atomic E-state index is 9.58. The molecular weight excluding hydrogens is 232 g/mol. The van der Waals surface area contributed by atoms with Crippen molar-refractivity contribution in [3.63, 3.8) is 0 Å². The van der Waals surface area contributed by atoms with Crippen LogP contribution in [0.1, 0.15) is 6.92 Å². The van der Waals surface area contributed by atoms with Crippen molar-refractivity contribution < 1.29 is 5.11 Å². The molecule has 0 aliphatic carbocycles. The van der Waals surface area contributed by atoms with Crippen molar-refractivity contribution in [2.45, 2.75) is 13.5 Å². The van der Waals surface area contributed by atoms with Crippen LogP contribution in [0.25, 0.3) is 10.9 Å². The van der Waals surface area contributed by atoms with E-state index >= 15 is 0 Å². The number of phenolic OH excluding ortho intramolecular Hbond substituents is 1. The smallest absolute Gasteiger partial charge is 0.127 e. The van der Waals surface area contributed by atoms with Gasteiger partial charge in [0.15, 0.2) is 0 Å². The number of halogens is 1. The molecule has 1 N–H and O–H groups in total. The SMILES string of the molecule is CCn1nc2cccc(O)c2c1Br. The predicted octanol–water partition coefficient (Wildman–Crippen LogP) is 2.52. The first kappa shape index (κ1) is 8.56. The topological polar surface area (TPSA) is 38.0 Å². The highest BCUT2D eigenvalue weighted by Gasteiger charge is 2.10. The maximum absolute atomic E-state index is 9.58. The Kier molecular flexibility index (Phi) is 2.00. The van der Waals surface area contributed by atoms with Gasteiger partial charge < -0.3 is 5.11 Å². The molecule has 2 rings (SSSR count). The molecule has 0 aliphatic heterocycles. The normalized spacial score (nSPS) is 10.9. The van der Waals surface area contributed by atoms with Gasteiger partial charge >= 0.3 is 0 Å². The fraction of sp³-hybridized carbons (Fsp3) is 0.222. The van der Waals surface area contributed by atoms with Crippen LogP contribution in [-0.2, 0) is 6.54 Å². The van der Waals surface area contributed by atoms with Gasteiger partial charge in [0, 0.05) is 6.54 Å². The molecule has 0 atom stereocenters. The van der Waals surface area contributed by atoms with Gasteiger partial charge in [0.2, 0.25) is 0 Å². The highest BCUT2D eigenvalue weighted by Crippen LogP contribution is 2.30. The van der Waals surface area contributed by atoms with Gasteiger partial charge in [0.05, 0.1) is 10.9 Å². The molecule has 68 valence electrons. The van der Waals surface area contributed by atoms with Crippen LogP contribution in [0.4, 0.5) is 0 Å². The van der Waals surface area contributed by atoms with Gasteiger partial charge in [-0.1, -0.05) is 6.07 Å². The van der Waals surface area contributed by atoms with E-state index in [2.05, 4.69) is 21.0 Å². The number of aryl methyl sites for hydroxylation is 1. The Morgan fingerprint density at radius 1 is 1.54 bits per heavy atom. The Labute approximate surface area is 84.1 Å². The Morgan fingerprint density at radius 2 is 2.31 bits per heavy atom. The minimum absolute atomic E-state index is 0.268. The zero-order valence-corrected chi connectivity index (χ0v) is 8.74. The molecule has 0 amide bonds. The molecule has 0 fully saturated rings. The summed E-state index contributed by atoms with van der Waals surface area (Å²) >= 11 is 3.40. The van der Waals surface area contributed by atoms with Crippen molar-refractivity contribution in [2.24, 2.45) is 0 Å². The average Bonchev–Trinajstić information content (AvgIpc) is 2.44. The lowest BCUT2D eigenvalue weighted by Crippen LogP contribution is -1.95. The van der Waals surface area contributed by atoms with Gasteiger partial charge in [-0.15, -0.1) is 0 Å². The second kappa shape index (κ2) is 3.03. The zero-order chi connectivity index (χ0) is 9.42. The number of phenols is 1. The van der Waals surface area contributed by atoms with Crippen LogP contribution in [0.2, 0.25) is 0 Å². The number of fused-ring (bicyclic) bond motifs is 1. The summed E-state index contributed by atoms with van der Waals surface area (Å²) in [4.78, 5) is 0. The molecule has 0 bridgehead atoms. The van der Waals surface area contributed by atoms with Crippen LogP contribution in [-0.4, -0.2) is 14.9 Å². The van der Waals surface area contributed by atoms with Crippen molar-refractivity contribution >= 4 is 26.8 Å². The first-order valence-corrected chi connectivity index (χ1v) is 4.87. The van der Waals surface area contributed by atoms with Crippen LogP contribution >= 0.6 is 15.9 Å². The van der Waals surface area contributed by atoms with Crippen LogP contribution in [0.15, 0.2) is 22.8 Å². The van der Waals surface area contributed by atoms with Crippen molar-refractivity contribution in [3.05, 3.63) is 22.8 Å². The molecule has 1 aromatic carbocycles. The number of benzene rings is 1. The summed E-state index contributed by atoms with van der Waals surface area (Å²) in [6.45, 7) is 2.79. The van der Waals surface area contributed by atoms with E-state index in [0.717, 1.165) is 22.1 Å². The van der Waals surface area contributed by atoms with Gasteiger partial charge in [0.25, 0.3) is 0 Å². The summed E-state index contributed by atoms with van der Waals surface area (Å²) in [6.07, 6.45) is 0. The second-order valence-corrected chi connectivity index (χ2v) is 3.53. The van der Waals surface area contributed by atoms with E-state index in [1.807, 2.05) is 17.7 Å². The number of nitrogens with zero attached hydrogens (tertiary/aromatic N) is 2. The van der Waals surface area contributed by atoms with E-state index in [1.54, 1.807) is 12.1 Å². The van der Waals surface area contributed by atoms with Crippen molar-refractivity contribution in [3.8, 4) is 5.75 Å². The van der Waals surface area contributed by atoms with Crippen molar-refractivity contribution in [1.29, 1.82) is 0 Å². The third kappa shape index (κ3) is 1.21. The molecular formula is C9H9BrN2O. The summed E-state index contributed by atoms with van der Waals surface area (Å²) in [5.74, 6) is 0.268. The quantitative estimate of drug-likeness (QED) is 0.832. The maximum Gasteiger partial charge on any atom is 0.127 e. The minimum atomic E-state index is 0.268. The van der Waals surface area contributed by atoms with Crippen LogP contribution in [0.5, 0.6) is 5.75 Å². The Morgan fingerprint density at radius 3 is 2.92 bits per heavy atom. The first-order valence-electron chi connectivity index (χ1n) is 4.08. The molecule has 1 heterocycles. The molecule has 4 heteroatoms. The highest BCUT2D eigenvalue weighted by atomic mass is 79.9. The number of aromatic nitrogens is 2. The first-order chi connectivity index (χ1) is 6.24. The molecule has 0 saturated heterocycles. The number of aromatic hydroxyl groups is 1. The van der Waals surface area contributed by atoms with E-state index in [-0.39, 0.29) is 5.75 Å². The summed E-state index contributed by atoms with van der Waals surface area (Å²) in [6, 6.07) is 5.33. The Bertz CT molecular complexity index is 450. The number of hydrogen-bond donors (Lipinski definition) is 1. The molecule has 2 aromatic rings. The minimum Gasteiger partial charge on any atom is -0.507 e. The fourth-order valence-corrected chi connectivity index (χ4v) is 2.07. The summed E-state index contributed by atoms with van der Waals surface area (Å²) < 4.78 is 2.65. The van der Waals surface area contributed by atoms with Crippen LogP contribution in [0, 0.1) is 0 Å². The molecule has 0 spiro atoms. The Balaban J connectivity index is 2.85. The van der Waals surface area contributed by atoms with E-state index in [4.69, 9.17) is 0 Å². The van der Waals surface area contributed by atoms with E-state index in [1.165, 1.54) is 0 Å². The molecule has 3 nitrogen and oxygen atoms in total. The predicted molar refractivity (Wildman–Crippen MR) is 54.8 cm³/mol. The van der Waals surface area contributed by atoms with Gasteiger partial charge in [-0.25, -0.2) is 0 Å². The molecule has 0 aliphatic rings. The molecule has 0 radical (unpaired) electrons. The van der Waals surface area contributed by atoms with Crippen LogP contribution in [0.3, 0.4) is 0 Å². The van der Waals surface area contributed by atoms with Crippen LogP contribution < -0.4 is 0 Å². The fourth-order valence-electron chi connectivity index (χ4n) is 1.34. The lowest BCUT2D eigenvalue weighted by Gasteiger charge is -1.95. The van der Waals surface area contributed by atoms with Gasteiger partial charge in [-0.05, 0) is 35.0 Å². The van der Waals surface area contributed by atoms with E-state index < -0.39 is 0 Å². The summed E-state index contributed by atoms with van der Waals surface area (Å²) in [5, 5.41) is 14.7. The van der Waals surface area contributed by atoms with Gasteiger partial charge in [-0.2, -0.15) is 5.10 Å². The third-order valence-electron chi connectivity index (χ3n) is 1.98. The average molecular weight is 241 g/mol. The molecule has 0 unspecified atom stereocenters. The molecule has 13 heavy (non-hydrogen) atoms. The lowest BCUT2D eigenvalue weighted by molar-refractivity contribution is 0.481. The number of hydrogen-bond acceptors (Lipinski definition) is 2. The largest absolute Gasteiger partial charge is 0.507 e. The van der Waals surface area contributed by atoms with Gasteiger partial charge in [0.1, 0.15) is 10.4 Å². The zero-order valence-electron chi connectivity index (χ0n) is 7.16. The van der Waals surface area contributed by atoms with E-state index in [9.17, 15) is 5.11 Å². The molecule has 0 saturated carbocycles. The summed E-state index contributed by atoms with van der Waals surface area (Å²) in [7, 11) is 0. The summed E-state index contributed by atoms with van der Waals surface area (Å²) in [5.41, 5.74) is 0.814.